The molecule has 1 atom stereocenters. The average Bonchev–Trinajstić information content (AvgIpc) is 2.42. The number of alkyl halides is 1. The Bertz CT molecular complexity index is 595. The zero-order chi connectivity index (χ0) is 15.4. The monoisotopic (exact) mass is 370 g/mol. The molecule has 0 spiro atoms. The lowest BCUT2D eigenvalue weighted by molar-refractivity contribution is 0.242. The Kier molecular flexibility index (Phi) is 5.65. The van der Waals surface area contributed by atoms with E-state index >= 15 is 0 Å². The van der Waals surface area contributed by atoms with Gasteiger partial charge in [-0.05, 0) is 50.1 Å². The number of benzene rings is 2. The van der Waals surface area contributed by atoms with Gasteiger partial charge in [0.05, 0.1) is 6.10 Å². The summed E-state index contributed by atoms with van der Waals surface area (Å²) in [5.41, 5.74) is 1.56. The van der Waals surface area contributed by atoms with Crippen LogP contribution < -0.4 is 4.74 Å². The normalized spacial score (nSPS) is 12.5. The van der Waals surface area contributed by atoms with Crippen LogP contribution in [0.1, 0.15) is 29.8 Å². The van der Waals surface area contributed by atoms with Crippen LogP contribution in [-0.4, -0.2) is 6.10 Å². The zero-order valence-electron chi connectivity index (χ0n) is 11.9. The SMILES string of the molecule is CC(C)Oc1cccc(C(Br)Cc2c(F)cccc2Cl)c1. The van der Waals surface area contributed by atoms with Crippen LogP contribution in [0, 0.1) is 5.82 Å². The Hall–Kier alpha value is -1.06. The number of hydrogen-bond acceptors (Lipinski definition) is 1. The number of halogens is 3. The largest absolute Gasteiger partial charge is 0.491 e. The number of hydrogen-bond donors (Lipinski definition) is 0. The molecule has 0 saturated heterocycles. The van der Waals surface area contributed by atoms with Crippen LogP contribution in [0.4, 0.5) is 4.39 Å². The molecule has 1 unspecified atom stereocenters. The average molecular weight is 372 g/mol. The smallest absolute Gasteiger partial charge is 0.127 e. The lowest BCUT2D eigenvalue weighted by Crippen LogP contribution is -2.06. The lowest BCUT2D eigenvalue weighted by atomic mass is 10.0. The summed E-state index contributed by atoms with van der Waals surface area (Å²) in [7, 11) is 0. The summed E-state index contributed by atoms with van der Waals surface area (Å²) in [6.45, 7) is 3.97. The minimum Gasteiger partial charge on any atom is -0.491 e. The number of rotatable bonds is 5. The molecule has 0 bridgehead atoms. The first-order valence-corrected chi connectivity index (χ1v) is 8.10. The summed E-state index contributed by atoms with van der Waals surface area (Å²) >= 11 is 9.69. The van der Waals surface area contributed by atoms with E-state index in [0.717, 1.165) is 11.3 Å². The fourth-order valence-corrected chi connectivity index (χ4v) is 2.93. The van der Waals surface area contributed by atoms with Gasteiger partial charge in [-0.15, -0.1) is 0 Å². The third kappa shape index (κ3) is 4.45. The molecule has 21 heavy (non-hydrogen) atoms. The standard InChI is InChI=1S/C17H17BrClFO/c1-11(2)21-13-6-3-5-12(9-13)15(18)10-14-16(19)7-4-8-17(14)20/h3-9,11,15H,10H2,1-2H3. The summed E-state index contributed by atoms with van der Waals surface area (Å²) in [5, 5.41) is 0.453. The Morgan fingerprint density at radius 1 is 1.19 bits per heavy atom. The van der Waals surface area contributed by atoms with E-state index in [-0.39, 0.29) is 16.7 Å². The first-order chi connectivity index (χ1) is 9.97. The van der Waals surface area contributed by atoms with Crippen LogP contribution in [-0.2, 0) is 6.42 Å². The van der Waals surface area contributed by atoms with Gasteiger partial charge in [-0.25, -0.2) is 4.39 Å². The van der Waals surface area contributed by atoms with Crippen LogP contribution in [0.25, 0.3) is 0 Å². The Morgan fingerprint density at radius 2 is 1.90 bits per heavy atom. The highest BCUT2D eigenvalue weighted by atomic mass is 79.9. The molecule has 1 nitrogen and oxygen atoms in total. The van der Waals surface area contributed by atoms with Crippen LogP contribution in [0.2, 0.25) is 5.02 Å². The Labute approximate surface area is 138 Å². The second-order valence-electron chi connectivity index (χ2n) is 5.11. The molecule has 0 saturated carbocycles. The van der Waals surface area contributed by atoms with Crippen LogP contribution in [0.5, 0.6) is 5.75 Å². The highest BCUT2D eigenvalue weighted by Gasteiger charge is 2.15. The van der Waals surface area contributed by atoms with Gasteiger partial charge in [0.15, 0.2) is 0 Å². The minimum absolute atomic E-state index is 0.0254. The molecule has 2 aromatic carbocycles. The van der Waals surface area contributed by atoms with E-state index < -0.39 is 0 Å². The molecule has 0 N–H and O–H groups in total. The van der Waals surface area contributed by atoms with Gasteiger partial charge in [0.2, 0.25) is 0 Å². The summed E-state index contributed by atoms with van der Waals surface area (Å²) in [6.07, 6.45) is 0.603. The van der Waals surface area contributed by atoms with E-state index in [0.29, 0.717) is 17.0 Å². The molecule has 0 fully saturated rings. The fraction of sp³-hybridized carbons (Fsp3) is 0.294. The van der Waals surface area contributed by atoms with Gasteiger partial charge >= 0.3 is 0 Å². The molecule has 0 aliphatic heterocycles. The molecule has 2 aromatic rings. The topological polar surface area (TPSA) is 9.23 Å². The van der Waals surface area contributed by atoms with E-state index in [1.807, 2.05) is 38.1 Å². The maximum atomic E-state index is 13.8. The molecule has 0 aromatic heterocycles. The fourth-order valence-electron chi connectivity index (χ4n) is 2.08. The van der Waals surface area contributed by atoms with Gasteiger partial charge in [-0.3, -0.25) is 0 Å². The third-order valence-corrected chi connectivity index (χ3v) is 4.24. The van der Waals surface area contributed by atoms with Crippen molar-refractivity contribution >= 4 is 27.5 Å². The molecule has 0 aliphatic carbocycles. The maximum Gasteiger partial charge on any atom is 0.127 e. The van der Waals surface area contributed by atoms with Gasteiger partial charge in [0.1, 0.15) is 11.6 Å². The van der Waals surface area contributed by atoms with Crippen molar-refractivity contribution in [2.75, 3.05) is 0 Å². The highest BCUT2D eigenvalue weighted by molar-refractivity contribution is 9.09. The molecule has 0 amide bonds. The Balaban J connectivity index is 2.18. The van der Waals surface area contributed by atoms with Gasteiger partial charge in [0.25, 0.3) is 0 Å². The van der Waals surface area contributed by atoms with E-state index in [4.69, 9.17) is 16.3 Å². The lowest BCUT2D eigenvalue weighted by Gasteiger charge is -2.15. The van der Waals surface area contributed by atoms with E-state index in [9.17, 15) is 4.39 Å². The number of ether oxygens (including phenoxy) is 1. The van der Waals surface area contributed by atoms with Crippen molar-refractivity contribution in [3.63, 3.8) is 0 Å². The predicted octanol–water partition coefficient (Wildman–Crippen LogP) is 5.95. The van der Waals surface area contributed by atoms with Crippen molar-refractivity contribution in [3.8, 4) is 5.75 Å². The van der Waals surface area contributed by atoms with Crippen molar-refractivity contribution in [2.45, 2.75) is 31.2 Å². The molecule has 2 rings (SSSR count). The molecule has 112 valence electrons. The first-order valence-electron chi connectivity index (χ1n) is 6.81. The van der Waals surface area contributed by atoms with Crippen molar-refractivity contribution in [1.29, 1.82) is 0 Å². The zero-order valence-corrected chi connectivity index (χ0v) is 14.3. The van der Waals surface area contributed by atoms with Crippen molar-refractivity contribution in [3.05, 3.63) is 64.4 Å². The molecular formula is C17H17BrClFO. The Morgan fingerprint density at radius 3 is 2.57 bits per heavy atom. The second-order valence-corrected chi connectivity index (χ2v) is 6.62. The molecule has 0 heterocycles. The first kappa shape index (κ1) is 16.3. The molecule has 4 heteroatoms. The molecule has 0 aliphatic rings. The third-order valence-electron chi connectivity index (χ3n) is 3.04. The summed E-state index contributed by atoms with van der Waals surface area (Å²) in [6, 6.07) is 12.6. The summed E-state index contributed by atoms with van der Waals surface area (Å²) in [4.78, 5) is -0.0254. The second kappa shape index (κ2) is 7.28. The maximum absolute atomic E-state index is 13.8. The summed E-state index contributed by atoms with van der Waals surface area (Å²) in [5.74, 6) is 0.535. The highest BCUT2D eigenvalue weighted by Crippen LogP contribution is 2.32. The van der Waals surface area contributed by atoms with Crippen LogP contribution in [0.15, 0.2) is 42.5 Å². The van der Waals surface area contributed by atoms with Gasteiger partial charge in [-0.2, -0.15) is 0 Å². The van der Waals surface area contributed by atoms with Gasteiger partial charge in [0, 0.05) is 15.4 Å². The van der Waals surface area contributed by atoms with Crippen LogP contribution >= 0.6 is 27.5 Å². The van der Waals surface area contributed by atoms with E-state index in [2.05, 4.69) is 15.9 Å². The van der Waals surface area contributed by atoms with Crippen molar-refractivity contribution in [1.82, 2.24) is 0 Å². The van der Waals surface area contributed by atoms with E-state index in [1.54, 1.807) is 12.1 Å². The minimum atomic E-state index is -0.276. The molecule has 0 radical (unpaired) electrons. The summed E-state index contributed by atoms with van der Waals surface area (Å²) < 4.78 is 19.5. The van der Waals surface area contributed by atoms with Gasteiger partial charge < -0.3 is 4.74 Å². The van der Waals surface area contributed by atoms with Gasteiger partial charge in [-0.1, -0.05) is 45.7 Å². The van der Waals surface area contributed by atoms with E-state index in [1.165, 1.54) is 6.07 Å². The van der Waals surface area contributed by atoms with Crippen molar-refractivity contribution < 1.29 is 9.13 Å². The molecular weight excluding hydrogens is 355 g/mol. The van der Waals surface area contributed by atoms with Crippen LogP contribution in [0.3, 0.4) is 0 Å². The predicted molar refractivity (Wildman–Crippen MR) is 89.0 cm³/mol. The van der Waals surface area contributed by atoms with Crippen molar-refractivity contribution in [2.24, 2.45) is 0 Å². The quantitative estimate of drug-likeness (QED) is 0.591.